The molecule has 3 heteroatoms. The minimum absolute atomic E-state index is 0.133. The average Bonchev–Trinajstić information content (AvgIpc) is 2.20. The van der Waals surface area contributed by atoms with Crippen molar-refractivity contribution in [1.29, 1.82) is 0 Å². The normalized spacial score (nSPS) is 16.1. The molecule has 0 aliphatic heterocycles. The first-order valence-electron chi connectivity index (χ1n) is 6.05. The summed E-state index contributed by atoms with van der Waals surface area (Å²) in [5, 5.41) is 0. The SMILES string of the molecule is BC(CCCS)CC(/C=C/P(C)C)CC. The molecule has 2 atom stereocenters. The molecular formula is C12H26BPS. The molecule has 15 heavy (non-hydrogen) atoms. The fraction of sp³-hybridized carbons (Fsp3) is 0.833. The third-order valence-electron chi connectivity index (χ3n) is 2.74. The maximum atomic E-state index is 4.27. The summed E-state index contributed by atoms with van der Waals surface area (Å²) in [5.41, 5.74) is 0. The molecule has 0 bridgehead atoms. The summed E-state index contributed by atoms with van der Waals surface area (Å²) in [6, 6.07) is 0. The Morgan fingerprint density at radius 1 is 1.40 bits per heavy atom. The Kier molecular flexibility index (Phi) is 10.2. The molecule has 0 amide bonds. The molecule has 0 nitrogen and oxygen atoms in total. The highest BCUT2D eigenvalue weighted by molar-refractivity contribution is 7.80. The van der Waals surface area contributed by atoms with Crippen molar-refractivity contribution in [3.63, 3.8) is 0 Å². The van der Waals surface area contributed by atoms with E-state index < -0.39 is 0 Å². The predicted molar refractivity (Wildman–Crippen MR) is 81.7 cm³/mol. The van der Waals surface area contributed by atoms with Crippen LogP contribution in [0.15, 0.2) is 11.9 Å². The molecule has 0 heterocycles. The Morgan fingerprint density at radius 3 is 2.53 bits per heavy atom. The van der Waals surface area contributed by atoms with Gasteiger partial charge >= 0.3 is 0 Å². The van der Waals surface area contributed by atoms with Gasteiger partial charge in [-0.15, -0.1) is 0 Å². The van der Waals surface area contributed by atoms with Gasteiger partial charge in [0, 0.05) is 0 Å². The average molecular weight is 244 g/mol. The van der Waals surface area contributed by atoms with Gasteiger partial charge in [-0.2, -0.15) is 12.6 Å². The third-order valence-corrected chi connectivity index (χ3v) is 3.83. The van der Waals surface area contributed by atoms with Gasteiger partial charge in [0.05, 0.1) is 0 Å². The Bertz CT molecular complexity index is 171. The summed E-state index contributed by atoms with van der Waals surface area (Å²) in [4.78, 5) is 0. The minimum Gasteiger partial charge on any atom is -0.179 e. The van der Waals surface area contributed by atoms with E-state index in [1.54, 1.807) is 0 Å². The summed E-state index contributed by atoms with van der Waals surface area (Å²) >= 11 is 4.27. The number of hydrogen-bond acceptors (Lipinski definition) is 1. The molecule has 0 N–H and O–H groups in total. The quantitative estimate of drug-likeness (QED) is 0.375. The highest BCUT2D eigenvalue weighted by atomic mass is 32.1. The zero-order valence-corrected chi connectivity index (χ0v) is 12.5. The van der Waals surface area contributed by atoms with Crippen molar-refractivity contribution in [3.05, 3.63) is 11.9 Å². The predicted octanol–water partition coefficient (Wildman–Crippen LogP) is 3.79. The molecule has 88 valence electrons. The third kappa shape index (κ3) is 9.51. The van der Waals surface area contributed by atoms with Crippen LogP contribution in [0.1, 0.15) is 32.6 Å². The number of rotatable bonds is 8. The van der Waals surface area contributed by atoms with Crippen LogP contribution in [0.25, 0.3) is 0 Å². The summed E-state index contributed by atoms with van der Waals surface area (Å²) in [7, 11) is 2.51. The molecule has 0 aliphatic carbocycles. The van der Waals surface area contributed by atoms with E-state index in [0.717, 1.165) is 17.5 Å². The fourth-order valence-corrected chi connectivity index (χ4v) is 2.52. The van der Waals surface area contributed by atoms with Crippen LogP contribution in [-0.2, 0) is 0 Å². The number of thiol groups is 1. The first-order valence-corrected chi connectivity index (χ1v) is 8.99. The van der Waals surface area contributed by atoms with E-state index in [4.69, 9.17) is 0 Å². The summed E-state index contributed by atoms with van der Waals surface area (Å²) in [5.74, 6) is 5.10. The van der Waals surface area contributed by atoms with Crippen LogP contribution in [-0.4, -0.2) is 26.9 Å². The van der Waals surface area contributed by atoms with Crippen molar-refractivity contribution < 1.29 is 0 Å². The van der Waals surface area contributed by atoms with Crippen molar-refractivity contribution in [3.8, 4) is 0 Å². The van der Waals surface area contributed by atoms with Gasteiger partial charge in [0.2, 0.25) is 0 Å². The van der Waals surface area contributed by atoms with Crippen molar-refractivity contribution >= 4 is 28.4 Å². The highest BCUT2D eigenvalue weighted by Crippen LogP contribution is 2.30. The van der Waals surface area contributed by atoms with Gasteiger partial charge in [-0.3, -0.25) is 0 Å². The molecule has 0 fully saturated rings. The minimum atomic E-state index is 0.133. The van der Waals surface area contributed by atoms with E-state index in [-0.39, 0.29) is 7.92 Å². The topological polar surface area (TPSA) is 0 Å². The van der Waals surface area contributed by atoms with E-state index in [0.29, 0.717) is 0 Å². The summed E-state index contributed by atoms with van der Waals surface area (Å²) in [6.45, 7) is 6.92. The lowest BCUT2D eigenvalue weighted by Crippen LogP contribution is -2.02. The summed E-state index contributed by atoms with van der Waals surface area (Å²) in [6.07, 6.45) is 7.68. The highest BCUT2D eigenvalue weighted by Gasteiger charge is 2.08. The Hall–Kier alpha value is 0.585. The molecule has 0 aromatic carbocycles. The van der Waals surface area contributed by atoms with Crippen molar-refractivity contribution in [1.82, 2.24) is 0 Å². The van der Waals surface area contributed by atoms with Gasteiger partial charge in [0.1, 0.15) is 7.85 Å². The van der Waals surface area contributed by atoms with E-state index in [1.807, 2.05) is 0 Å². The smallest absolute Gasteiger partial charge is 0.105 e. The second-order valence-electron chi connectivity index (χ2n) is 4.68. The molecule has 0 spiro atoms. The van der Waals surface area contributed by atoms with E-state index in [2.05, 4.69) is 52.6 Å². The first kappa shape index (κ1) is 15.6. The second-order valence-corrected chi connectivity index (χ2v) is 7.35. The zero-order chi connectivity index (χ0) is 11.7. The monoisotopic (exact) mass is 244 g/mol. The molecule has 0 saturated carbocycles. The van der Waals surface area contributed by atoms with Crippen LogP contribution < -0.4 is 0 Å². The number of allylic oxidation sites excluding steroid dienone is 1. The Morgan fingerprint density at radius 2 is 2.07 bits per heavy atom. The molecule has 0 aliphatic rings. The van der Waals surface area contributed by atoms with Crippen LogP contribution in [0.5, 0.6) is 0 Å². The molecule has 0 aromatic heterocycles. The second kappa shape index (κ2) is 9.79. The summed E-state index contributed by atoms with van der Waals surface area (Å²) < 4.78 is 0. The first-order chi connectivity index (χ1) is 7.10. The van der Waals surface area contributed by atoms with Crippen LogP contribution in [0.3, 0.4) is 0 Å². The lowest BCUT2D eigenvalue weighted by molar-refractivity contribution is 0.528. The molecular weight excluding hydrogens is 218 g/mol. The molecule has 0 radical (unpaired) electrons. The zero-order valence-electron chi connectivity index (χ0n) is 10.7. The van der Waals surface area contributed by atoms with Crippen molar-refractivity contribution in [2.75, 3.05) is 19.1 Å². The van der Waals surface area contributed by atoms with Crippen molar-refractivity contribution in [2.24, 2.45) is 5.92 Å². The van der Waals surface area contributed by atoms with E-state index in [1.165, 1.54) is 25.7 Å². The Balaban J connectivity index is 3.87. The van der Waals surface area contributed by atoms with Crippen LogP contribution >= 0.6 is 20.6 Å². The fourth-order valence-electron chi connectivity index (χ4n) is 1.75. The molecule has 2 unspecified atom stereocenters. The van der Waals surface area contributed by atoms with Gasteiger partial charge in [-0.05, 0) is 37.8 Å². The Labute approximate surface area is 104 Å². The lowest BCUT2D eigenvalue weighted by Gasteiger charge is -2.16. The van der Waals surface area contributed by atoms with Crippen LogP contribution in [0, 0.1) is 5.92 Å². The van der Waals surface area contributed by atoms with Gasteiger partial charge in [-0.25, -0.2) is 0 Å². The maximum Gasteiger partial charge on any atom is 0.105 e. The lowest BCUT2D eigenvalue weighted by atomic mass is 9.76. The van der Waals surface area contributed by atoms with E-state index >= 15 is 0 Å². The van der Waals surface area contributed by atoms with Gasteiger partial charge < -0.3 is 0 Å². The van der Waals surface area contributed by atoms with Crippen molar-refractivity contribution in [2.45, 2.75) is 38.4 Å². The van der Waals surface area contributed by atoms with Gasteiger partial charge in [0.15, 0.2) is 0 Å². The molecule has 0 aromatic rings. The van der Waals surface area contributed by atoms with Crippen LogP contribution in [0.2, 0.25) is 5.82 Å². The van der Waals surface area contributed by atoms with E-state index in [9.17, 15) is 0 Å². The van der Waals surface area contributed by atoms with Crippen LogP contribution in [0.4, 0.5) is 0 Å². The largest absolute Gasteiger partial charge is 0.179 e. The van der Waals surface area contributed by atoms with Gasteiger partial charge in [-0.1, -0.05) is 45.4 Å². The number of hydrogen-bond donors (Lipinski definition) is 1. The molecule has 0 saturated heterocycles. The van der Waals surface area contributed by atoms with Gasteiger partial charge in [0.25, 0.3) is 0 Å². The standard InChI is InChI=1S/C12H26BPS/c1-4-11(7-8-14(2)3)10-12(13)6-5-9-15/h7-8,11-12,15H,4-6,9-10,13H2,1-3H3/b8-7+. The maximum absolute atomic E-state index is 4.27. The molecule has 0 rings (SSSR count).